The average Bonchev–Trinajstić information content (AvgIpc) is 1.89. The standard InChI is InChI=1S/C8H20NP.C2H6/c1-6(10)7(2,3)8(4,5)9;1-2/h6H,9-10H2,1-5H3;1-2H3. The van der Waals surface area contributed by atoms with Crippen molar-refractivity contribution in [2.45, 2.75) is 59.7 Å². The fourth-order valence-electron chi connectivity index (χ4n) is 0.587. The third kappa shape index (κ3) is 3.87. The Bertz CT molecular complexity index is 111. The highest BCUT2D eigenvalue weighted by Gasteiger charge is 2.35. The summed E-state index contributed by atoms with van der Waals surface area (Å²) in [5.74, 6) is 0. The quantitative estimate of drug-likeness (QED) is 0.667. The topological polar surface area (TPSA) is 26.0 Å². The molecule has 0 spiro atoms. The van der Waals surface area contributed by atoms with Gasteiger partial charge in [0.25, 0.3) is 0 Å². The van der Waals surface area contributed by atoms with E-state index in [1.165, 1.54) is 0 Å². The summed E-state index contributed by atoms with van der Waals surface area (Å²) in [5, 5.41) is 0. The summed E-state index contributed by atoms with van der Waals surface area (Å²) in [6.07, 6.45) is 0. The van der Waals surface area contributed by atoms with E-state index >= 15 is 0 Å². The second kappa shape index (κ2) is 5.19. The van der Waals surface area contributed by atoms with Gasteiger partial charge in [0, 0.05) is 5.54 Å². The van der Waals surface area contributed by atoms with Gasteiger partial charge in [0.2, 0.25) is 0 Å². The lowest BCUT2D eigenvalue weighted by molar-refractivity contribution is 0.202. The van der Waals surface area contributed by atoms with Crippen LogP contribution in [0.3, 0.4) is 0 Å². The average molecular weight is 191 g/mol. The van der Waals surface area contributed by atoms with Crippen molar-refractivity contribution in [1.82, 2.24) is 0 Å². The molecule has 0 aliphatic heterocycles. The van der Waals surface area contributed by atoms with Gasteiger partial charge in [0.1, 0.15) is 0 Å². The molecule has 0 radical (unpaired) electrons. The van der Waals surface area contributed by atoms with Crippen LogP contribution in [0.15, 0.2) is 0 Å². The summed E-state index contributed by atoms with van der Waals surface area (Å²) < 4.78 is 0. The minimum absolute atomic E-state index is 0.103. The molecule has 0 aliphatic rings. The third-order valence-corrected chi connectivity index (χ3v) is 3.63. The molecule has 2 N–H and O–H groups in total. The van der Waals surface area contributed by atoms with Crippen molar-refractivity contribution in [1.29, 1.82) is 0 Å². The van der Waals surface area contributed by atoms with Crippen molar-refractivity contribution in [3.05, 3.63) is 0 Å². The van der Waals surface area contributed by atoms with E-state index in [1.807, 2.05) is 13.8 Å². The highest BCUT2D eigenvalue weighted by Crippen LogP contribution is 2.35. The molecule has 1 nitrogen and oxygen atoms in total. The maximum atomic E-state index is 6.00. The highest BCUT2D eigenvalue weighted by atomic mass is 31.0. The monoisotopic (exact) mass is 191 g/mol. The van der Waals surface area contributed by atoms with Gasteiger partial charge in [0.05, 0.1) is 0 Å². The predicted octanol–water partition coefficient (Wildman–Crippen LogP) is 3.04. The van der Waals surface area contributed by atoms with Crippen LogP contribution in [0.1, 0.15) is 48.5 Å². The summed E-state index contributed by atoms with van der Waals surface area (Å²) in [5.41, 5.74) is 6.62. The number of hydrogen-bond acceptors (Lipinski definition) is 1. The van der Waals surface area contributed by atoms with Crippen molar-refractivity contribution in [3.63, 3.8) is 0 Å². The first kappa shape index (κ1) is 14.9. The van der Waals surface area contributed by atoms with Crippen molar-refractivity contribution in [3.8, 4) is 0 Å². The Morgan fingerprint density at radius 1 is 1.08 bits per heavy atom. The van der Waals surface area contributed by atoms with Crippen molar-refractivity contribution < 1.29 is 0 Å². The molecule has 2 heteroatoms. The minimum atomic E-state index is -0.103. The maximum Gasteiger partial charge on any atom is 0.0154 e. The van der Waals surface area contributed by atoms with Crippen LogP contribution in [0, 0.1) is 5.41 Å². The molecule has 0 amide bonds. The van der Waals surface area contributed by atoms with Gasteiger partial charge in [-0.1, -0.05) is 34.6 Å². The molecule has 0 aromatic carbocycles. The van der Waals surface area contributed by atoms with Gasteiger partial charge in [-0.25, -0.2) is 0 Å². The van der Waals surface area contributed by atoms with Crippen LogP contribution in [0.2, 0.25) is 0 Å². The zero-order valence-corrected chi connectivity index (χ0v) is 10.9. The van der Waals surface area contributed by atoms with Crippen LogP contribution in [0.5, 0.6) is 0 Å². The van der Waals surface area contributed by atoms with Gasteiger partial charge in [0.15, 0.2) is 0 Å². The summed E-state index contributed by atoms with van der Waals surface area (Å²) in [4.78, 5) is 0. The Kier molecular flexibility index (Phi) is 6.44. The first-order chi connectivity index (χ1) is 5.19. The molecule has 0 heterocycles. The van der Waals surface area contributed by atoms with Gasteiger partial charge in [-0.05, 0) is 24.9 Å². The van der Waals surface area contributed by atoms with Crippen LogP contribution in [0.4, 0.5) is 0 Å². The summed E-state index contributed by atoms with van der Waals surface area (Å²) in [6.45, 7) is 14.7. The van der Waals surface area contributed by atoms with Crippen molar-refractivity contribution >= 4 is 9.24 Å². The second-order valence-electron chi connectivity index (χ2n) is 4.23. The lowest BCUT2D eigenvalue weighted by Gasteiger charge is -2.41. The van der Waals surface area contributed by atoms with E-state index in [9.17, 15) is 0 Å². The van der Waals surface area contributed by atoms with E-state index in [-0.39, 0.29) is 11.0 Å². The molecular weight excluding hydrogens is 165 g/mol. The largest absolute Gasteiger partial charge is 0.325 e. The van der Waals surface area contributed by atoms with Crippen molar-refractivity contribution in [2.24, 2.45) is 11.1 Å². The zero-order valence-electron chi connectivity index (χ0n) is 9.73. The molecule has 0 fully saturated rings. The summed E-state index contributed by atoms with van der Waals surface area (Å²) in [6, 6.07) is 0. The van der Waals surface area contributed by atoms with E-state index in [0.717, 1.165) is 0 Å². The molecule has 0 saturated heterocycles. The Balaban J connectivity index is 0. The molecule has 0 saturated carbocycles. The van der Waals surface area contributed by atoms with Gasteiger partial charge >= 0.3 is 0 Å². The molecule has 0 aromatic rings. The predicted molar refractivity (Wildman–Crippen MR) is 62.6 cm³/mol. The Morgan fingerprint density at radius 2 is 1.33 bits per heavy atom. The maximum absolute atomic E-state index is 6.00. The molecule has 12 heavy (non-hydrogen) atoms. The summed E-state index contributed by atoms with van der Waals surface area (Å²) in [7, 11) is 2.81. The van der Waals surface area contributed by atoms with Crippen LogP contribution in [-0.4, -0.2) is 11.2 Å². The Labute approximate surface area is 80.7 Å². The number of hydrogen-bond donors (Lipinski definition) is 1. The first-order valence-electron chi connectivity index (χ1n) is 4.74. The lowest BCUT2D eigenvalue weighted by atomic mass is 9.73. The molecule has 0 aromatic heterocycles. The molecule has 0 rings (SSSR count). The van der Waals surface area contributed by atoms with Crippen LogP contribution in [-0.2, 0) is 0 Å². The smallest absolute Gasteiger partial charge is 0.0154 e. The molecule has 2 unspecified atom stereocenters. The second-order valence-corrected chi connectivity index (χ2v) is 5.23. The normalized spacial score (nSPS) is 14.8. The van der Waals surface area contributed by atoms with E-state index in [2.05, 4.69) is 43.9 Å². The van der Waals surface area contributed by atoms with E-state index < -0.39 is 0 Å². The van der Waals surface area contributed by atoms with E-state index in [4.69, 9.17) is 5.73 Å². The van der Waals surface area contributed by atoms with Crippen LogP contribution < -0.4 is 5.73 Å². The van der Waals surface area contributed by atoms with Crippen LogP contribution >= 0.6 is 9.24 Å². The van der Waals surface area contributed by atoms with Crippen LogP contribution in [0.25, 0.3) is 0 Å². The number of nitrogens with two attached hydrogens (primary N) is 1. The molecule has 76 valence electrons. The highest BCUT2D eigenvalue weighted by molar-refractivity contribution is 7.17. The minimum Gasteiger partial charge on any atom is -0.325 e. The van der Waals surface area contributed by atoms with Gasteiger partial charge in [-0.2, -0.15) is 0 Å². The fraction of sp³-hybridized carbons (Fsp3) is 1.00. The van der Waals surface area contributed by atoms with E-state index in [1.54, 1.807) is 0 Å². The zero-order chi connectivity index (χ0) is 10.6. The first-order valence-corrected chi connectivity index (χ1v) is 5.40. The van der Waals surface area contributed by atoms with Crippen molar-refractivity contribution in [2.75, 3.05) is 0 Å². The van der Waals surface area contributed by atoms with Gasteiger partial charge < -0.3 is 5.73 Å². The molecule has 2 atom stereocenters. The van der Waals surface area contributed by atoms with E-state index in [0.29, 0.717) is 5.66 Å². The SMILES string of the molecule is CC.CC(P)C(C)(C)C(C)(C)N. The molecule has 0 bridgehead atoms. The van der Waals surface area contributed by atoms with Gasteiger partial charge in [-0.3, -0.25) is 0 Å². The fourth-order valence-corrected chi connectivity index (χ4v) is 1.02. The Hall–Kier alpha value is 0.390. The summed E-state index contributed by atoms with van der Waals surface area (Å²) >= 11 is 0. The molecular formula is C10H26NP. The van der Waals surface area contributed by atoms with Gasteiger partial charge in [-0.15, -0.1) is 9.24 Å². The lowest BCUT2D eigenvalue weighted by Crippen LogP contribution is -2.51. The third-order valence-electron chi connectivity index (χ3n) is 2.80. The number of rotatable bonds is 2. The Morgan fingerprint density at radius 3 is 1.33 bits per heavy atom. The molecule has 0 aliphatic carbocycles.